The molecule has 0 radical (unpaired) electrons. The predicted molar refractivity (Wildman–Crippen MR) is 89.9 cm³/mol. The van der Waals surface area contributed by atoms with Crippen LogP contribution in [-0.2, 0) is 0 Å². The normalized spacial score (nSPS) is 19.0. The van der Waals surface area contributed by atoms with Gasteiger partial charge in [0, 0.05) is 19.6 Å². The number of hydrogen-bond acceptors (Lipinski definition) is 4. The highest BCUT2D eigenvalue weighted by Crippen LogP contribution is 2.38. The lowest BCUT2D eigenvalue weighted by molar-refractivity contribution is 0.173. The van der Waals surface area contributed by atoms with Crippen molar-refractivity contribution in [1.82, 2.24) is 10.2 Å². The molecule has 2 aliphatic heterocycles. The van der Waals surface area contributed by atoms with Crippen LogP contribution in [0, 0.1) is 5.82 Å². The van der Waals surface area contributed by atoms with Crippen LogP contribution in [0.3, 0.4) is 0 Å². The van der Waals surface area contributed by atoms with E-state index in [2.05, 4.69) is 16.3 Å². The van der Waals surface area contributed by atoms with Crippen LogP contribution >= 0.6 is 0 Å². The maximum Gasteiger partial charge on any atom is 0.231 e. The molecule has 1 saturated heterocycles. The van der Waals surface area contributed by atoms with Crippen molar-refractivity contribution in [2.45, 2.75) is 12.5 Å². The number of ether oxygens (including phenoxy) is 2. The van der Waals surface area contributed by atoms with Gasteiger partial charge in [-0.15, -0.1) is 0 Å². The highest BCUT2D eigenvalue weighted by Gasteiger charge is 2.25. The summed E-state index contributed by atoms with van der Waals surface area (Å²) in [5.41, 5.74) is 2.07. The van der Waals surface area contributed by atoms with E-state index in [1.54, 1.807) is 12.1 Å². The van der Waals surface area contributed by atoms with Gasteiger partial charge in [-0.1, -0.05) is 18.2 Å². The number of nitrogens with one attached hydrogen (secondary N) is 1. The molecule has 0 aliphatic carbocycles. The first-order valence-electron chi connectivity index (χ1n) is 8.41. The van der Waals surface area contributed by atoms with Crippen molar-refractivity contribution in [2.75, 3.05) is 33.0 Å². The molecular formula is C19H21FN2O2. The van der Waals surface area contributed by atoms with E-state index in [9.17, 15) is 4.39 Å². The Balaban J connectivity index is 1.74. The number of nitrogens with zero attached hydrogens (tertiary/aromatic N) is 1. The largest absolute Gasteiger partial charge is 0.454 e. The summed E-state index contributed by atoms with van der Waals surface area (Å²) in [6, 6.07) is 12.9. The minimum absolute atomic E-state index is 0.00935. The van der Waals surface area contributed by atoms with Crippen LogP contribution in [0.2, 0.25) is 0 Å². The lowest BCUT2D eigenvalue weighted by atomic mass is 9.96. The van der Waals surface area contributed by atoms with Gasteiger partial charge in [-0.05, 0) is 48.4 Å². The molecule has 2 aliphatic rings. The summed E-state index contributed by atoms with van der Waals surface area (Å²) in [4.78, 5) is 2.41. The molecule has 0 spiro atoms. The Hall–Kier alpha value is -2.11. The fraction of sp³-hybridized carbons (Fsp3) is 0.368. The predicted octanol–water partition coefficient (Wildman–Crippen LogP) is 2.94. The molecule has 1 N–H and O–H groups in total. The summed E-state index contributed by atoms with van der Waals surface area (Å²) < 4.78 is 24.8. The van der Waals surface area contributed by atoms with Gasteiger partial charge in [0.25, 0.3) is 0 Å². The molecule has 1 fully saturated rings. The van der Waals surface area contributed by atoms with Gasteiger partial charge in [0.15, 0.2) is 11.5 Å². The van der Waals surface area contributed by atoms with E-state index in [0.717, 1.165) is 55.2 Å². The van der Waals surface area contributed by atoms with E-state index in [1.165, 1.54) is 6.07 Å². The first-order valence-corrected chi connectivity index (χ1v) is 8.41. The third kappa shape index (κ3) is 3.09. The van der Waals surface area contributed by atoms with Crippen LogP contribution in [0.4, 0.5) is 4.39 Å². The third-order valence-corrected chi connectivity index (χ3v) is 4.62. The van der Waals surface area contributed by atoms with Crippen molar-refractivity contribution in [2.24, 2.45) is 0 Å². The second kappa shape index (κ2) is 6.79. The van der Waals surface area contributed by atoms with E-state index < -0.39 is 0 Å². The zero-order chi connectivity index (χ0) is 16.4. The van der Waals surface area contributed by atoms with E-state index in [-0.39, 0.29) is 18.7 Å². The number of hydrogen-bond donors (Lipinski definition) is 1. The van der Waals surface area contributed by atoms with E-state index in [4.69, 9.17) is 9.47 Å². The van der Waals surface area contributed by atoms with E-state index in [0.29, 0.717) is 0 Å². The molecular weight excluding hydrogens is 307 g/mol. The Morgan fingerprint density at radius 3 is 2.75 bits per heavy atom. The standard InChI is InChI=1S/C19H21FN2O2/c20-16-4-1-3-14(11-16)19(22-9-2-7-21-8-10-22)15-5-6-17-18(12-15)24-13-23-17/h1,3-6,11-12,19,21H,2,7-10,13H2. The molecule has 0 bridgehead atoms. The smallest absolute Gasteiger partial charge is 0.231 e. The monoisotopic (exact) mass is 328 g/mol. The second-order valence-electron chi connectivity index (χ2n) is 6.21. The Labute approximate surface area is 141 Å². The zero-order valence-electron chi connectivity index (χ0n) is 13.5. The molecule has 0 aromatic heterocycles. The second-order valence-corrected chi connectivity index (χ2v) is 6.21. The van der Waals surface area contributed by atoms with Gasteiger partial charge >= 0.3 is 0 Å². The zero-order valence-corrected chi connectivity index (χ0v) is 13.5. The van der Waals surface area contributed by atoms with Crippen molar-refractivity contribution < 1.29 is 13.9 Å². The first kappa shape index (κ1) is 15.4. The highest BCUT2D eigenvalue weighted by atomic mass is 19.1. The first-order chi connectivity index (χ1) is 11.8. The van der Waals surface area contributed by atoms with Gasteiger partial charge in [0.1, 0.15) is 5.82 Å². The molecule has 0 saturated carbocycles. The fourth-order valence-corrected chi connectivity index (χ4v) is 3.50. The summed E-state index contributed by atoms with van der Waals surface area (Å²) >= 11 is 0. The average Bonchev–Trinajstić information content (AvgIpc) is 2.90. The molecule has 1 atom stereocenters. The summed E-state index contributed by atoms with van der Waals surface area (Å²) in [5.74, 6) is 1.34. The van der Waals surface area contributed by atoms with E-state index in [1.807, 2.05) is 18.2 Å². The van der Waals surface area contributed by atoms with Gasteiger partial charge in [-0.25, -0.2) is 4.39 Å². The molecule has 4 rings (SSSR count). The molecule has 0 amide bonds. The van der Waals surface area contributed by atoms with Crippen molar-refractivity contribution in [3.8, 4) is 11.5 Å². The number of rotatable bonds is 3. The number of halogens is 1. The van der Waals surface area contributed by atoms with E-state index >= 15 is 0 Å². The Bertz CT molecular complexity index is 714. The molecule has 5 heteroatoms. The quantitative estimate of drug-likeness (QED) is 0.939. The molecule has 1 unspecified atom stereocenters. The van der Waals surface area contributed by atoms with Gasteiger partial charge in [0.05, 0.1) is 6.04 Å². The third-order valence-electron chi connectivity index (χ3n) is 4.62. The van der Waals surface area contributed by atoms with Gasteiger partial charge < -0.3 is 14.8 Å². The van der Waals surface area contributed by atoms with Crippen LogP contribution in [0.1, 0.15) is 23.6 Å². The SMILES string of the molecule is Fc1cccc(C(c2ccc3c(c2)OCO3)N2CCCNCC2)c1. The Morgan fingerprint density at radius 2 is 1.83 bits per heavy atom. The molecule has 2 aromatic rings. The van der Waals surface area contributed by atoms with Crippen molar-refractivity contribution >= 4 is 0 Å². The van der Waals surface area contributed by atoms with Crippen molar-refractivity contribution in [3.05, 3.63) is 59.4 Å². The maximum atomic E-state index is 13.8. The minimum atomic E-state index is -0.203. The van der Waals surface area contributed by atoms with Crippen LogP contribution in [0.5, 0.6) is 11.5 Å². The Kier molecular flexibility index (Phi) is 4.36. The minimum Gasteiger partial charge on any atom is -0.454 e. The molecule has 2 aromatic carbocycles. The topological polar surface area (TPSA) is 33.7 Å². The van der Waals surface area contributed by atoms with Gasteiger partial charge in [-0.2, -0.15) is 0 Å². The lowest BCUT2D eigenvalue weighted by Gasteiger charge is -2.31. The van der Waals surface area contributed by atoms with Crippen LogP contribution in [-0.4, -0.2) is 37.9 Å². The molecule has 4 nitrogen and oxygen atoms in total. The number of fused-ring (bicyclic) bond motifs is 1. The number of benzene rings is 2. The maximum absolute atomic E-state index is 13.8. The van der Waals surface area contributed by atoms with Gasteiger partial charge in [0.2, 0.25) is 6.79 Å². The van der Waals surface area contributed by atoms with Crippen LogP contribution in [0.15, 0.2) is 42.5 Å². The Morgan fingerprint density at radius 1 is 0.958 bits per heavy atom. The molecule has 126 valence electrons. The summed E-state index contributed by atoms with van der Waals surface area (Å²) in [6.07, 6.45) is 1.08. The van der Waals surface area contributed by atoms with Crippen LogP contribution < -0.4 is 14.8 Å². The van der Waals surface area contributed by atoms with Gasteiger partial charge in [-0.3, -0.25) is 4.90 Å². The molecule has 24 heavy (non-hydrogen) atoms. The molecule has 2 heterocycles. The summed E-state index contributed by atoms with van der Waals surface area (Å²) in [7, 11) is 0. The fourth-order valence-electron chi connectivity index (χ4n) is 3.50. The highest BCUT2D eigenvalue weighted by molar-refractivity contribution is 5.47. The van der Waals surface area contributed by atoms with Crippen molar-refractivity contribution in [1.29, 1.82) is 0 Å². The van der Waals surface area contributed by atoms with Crippen LogP contribution in [0.25, 0.3) is 0 Å². The average molecular weight is 328 g/mol. The lowest BCUT2D eigenvalue weighted by Crippen LogP contribution is -2.33. The summed E-state index contributed by atoms with van der Waals surface area (Å²) in [5, 5.41) is 3.43. The van der Waals surface area contributed by atoms with Crippen molar-refractivity contribution in [3.63, 3.8) is 0 Å². The summed E-state index contributed by atoms with van der Waals surface area (Å²) in [6.45, 7) is 4.12.